The van der Waals surface area contributed by atoms with Gasteiger partial charge in [0.25, 0.3) is 0 Å². The van der Waals surface area contributed by atoms with Crippen molar-refractivity contribution >= 4 is 10.1 Å². The molecule has 0 rings (SSSR count). The Bertz CT molecular complexity index is 472. The number of hydrogen-bond donors (Lipinski definition) is 0. The minimum atomic E-state index is -5.36. The van der Waals surface area contributed by atoms with Crippen LogP contribution in [0.3, 0.4) is 0 Å². The molecule has 3 nitrogen and oxygen atoms in total. The number of halogens is 9. The Hall–Kier alpha value is 0.280. The zero-order valence-corrected chi connectivity index (χ0v) is 15.6. The van der Waals surface area contributed by atoms with Crippen LogP contribution in [0.2, 0.25) is 0 Å². The Balaban J connectivity index is 0. The van der Waals surface area contributed by atoms with Crippen molar-refractivity contribution in [1.29, 1.82) is 0 Å². The fourth-order valence-corrected chi connectivity index (χ4v) is 2.23. The van der Waals surface area contributed by atoms with Gasteiger partial charge >= 0.3 is 29.6 Å². The summed E-state index contributed by atoms with van der Waals surface area (Å²) >= 11 is 0. The van der Waals surface area contributed by atoms with Crippen molar-refractivity contribution in [3.63, 3.8) is 0 Å². The maximum absolute atomic E-state index is 13.3. The van der Waals surface area contributed by atoms with E-state index in [1.165, 1.54) is 0 Å². The maximum atomic E-state index is 13.3. The van der Waals surface area contributed by atoms with Gasteiger partial charge in [0.1, 0.15) is 12.3 Å². The monoisotopic (exact) mass is 420 g/mol. The van der Waals surface area contributed by atoms with Crippen LogP contribution in [0, 0.1) is 0 Å². The molecule has 25 heavy (non-hydrogen) atoms. The molecule has 0 aromatic rings. The van der Waals surface area contributed by atoms with Gasteiger partial charge in [0, 0.05) is 6.42 Å². The first-order chi connectivity index (χ1) is 10.8. The van der Waals surface area contributed by atoms with Crippen LogP contribution < -0.4 is 29.6 Å². The third-order valence-electron chi connectivity index (χ3n) is 2.96. The van der Waals surface area contributed by atoms with Gasteiger partial charge in [-0.2, -0.15) is 0 Å². The molecule has 0 heterocycles. The second-order valence-electron chi connectivity index (χ2n) is 4.90. The van der Waals surface area contributed by atoms with Crippen LogP contribution in [0.4, 0.5) is 39.5 Å². The van der Waals surface area contributed by atoms with Gasteiger partial charge in [0.2, 0.25) is 0 Å². The summed E-state index contributed by atoms with van der Waals surface area (Å²) in [7, 11) is -5.36. The van der Waals surface area contributed by atoms with E-state index in [1.807, 2.05) is 0 Å². The largest absolute Gasteiger partial charge is 1.00 e. The molecule has 146 valence electrons. The van der Waals surface area contributed by atoms with Gasteiger partial charge in [-0.1, -0.05) is 0 Å². The molecule has 0 saturated carbocycles. The average molecular weight is 420 g/mol. The van der Waals surface area contributed by atoms with E-state index in [0.29, 0.717) is 0 Å². The summed E-state index contributed by atoms with van der Waals surface area (Å²) in [6.45, 7) is -1.45. The summed E-state index contributed by atoms with van der Waals surface area (Å²) < 4.78 is 148. The van der Waals surface area contributed by atoms with Crippen LogP contribution in [0.25, 0.3) is 0 Å². The third-order valence-corrected chi connectivity index (χ3v) is 3.69. The molecule has 0 spiro atoms. The predicted molar refractivity (Wildman–Crippen MR) is 64.3 cm³/mol. The minimum absolute atomic E-state index is 0. The van der Waals surface area contributed by atoms with Crippen LogP contribution in [0.15, 0.2) is 0 Å². The Labute approximate surface area is 160 Å². The minimum Gasteiger partial charge on any atom is -0.748 e. The van der Waals surface area contributed by atoms with Gasteiger partial charge in [-0.25, -0.2) is 43.5 Å². The van der Waals surface area contributed by atoms with Crippen molar-refractivity contribution in [2.24, 2.45) is 0 Å². The van der Waals surface area contributed by atoms with Crippen LogP contribution in [-0.4, -0.2) is 74.8 Å². The van der Waals surface area contributed by atoms with Crippen LogP contribution in [0.1, 0.15) is 6.42 Å². The Morgan fingerprint density at radius 3 is 1.32 bits per heavy atom. The smallest absolute Gasteiger partial charge is 0.748 e. The summed E-state index contributed by atoms with van der Waals surface area (Å²) in [5, 5.41) is 0. The normalized spacial score (nSPS) is 22.0. The Morgan fingerprint density at radius 1 is 0.680 bits per heavy atom. The molecule has 0 aliphatic carbocycles. The van der Waals surface area contributed by atoms with Crippen molar-refractivity contribution in [3.8, 4) is 0 Å². The van der Waals surface area contributed by atoms with Crippen LogP contribution in [-0.2, 0) is 10.1 Å². The molecule has 0 aliphatic heterocycles. The van der Waals surface area contributed by atoms with E-state index < -0.39 is 78.3 Å². The van der Waals surface area contributed by atoms with Gasteiger partial charge in [0.15, 0.2) is 37.0 Å². The zero-order chi connectivity index (χ0) is 19.2. The van der Waals surface area contributed by atoms with Crippen LogP contribution >= 0.6 is 0 Å². The molecule has 0 aliphatic rings. The van der Waals surface area contributed by atoms with Gasteiger partial charge in [-0.05, 0) is 0 Å². The molecular formula is C11H14F9NaO3S. The zero-order valence-electron chi connectivity index (χ0n) is 12.8. The summed E-state index contributed by atoms with van der Waals surface area (Å²) in [4.78, 5) is 0. The predicted octanol–water partition coefficient (Wildman–Crippen LogP) is -0.400. The summed E-state index contributed by atoms with van der Waals surface area (Å²) in [6.07, 6.45) is -29.5. The topological polar surface area (TPSA) is 57.2 Å². The Morgan fingerprint density at radius 2 is 1.00 bits per heavy atom. The van der Waals surface area contributed by atoms with Gasteiger partial charge < -0.3 is 4.55 Å². The van der Waals surface area contributed by atoms with E-state index >= 15 is 0 Å². The quantitative estimate of drug-likeness (QED) is 0.260. The second-order valence-corrected chi connectivity index (χ2v) is 6.35. The number of rotatable bonds is 11. The number of hydrogen-bond acceptors (Lipinski definition) is 3. The summed E-state index contributed by atoms with van der Waals surface area (Å²) in [5.41, 5.74) is 0. The molecule has 8 atom stereocenters. The molecule has 0 aromatic heterocycles. The molecule has 0 bridgehead atoms. The molecule has 0 fully saturated rings. The summed E-state index contributed by atoms with van der Waals surface area (Å²) in [5.74, 6) is -2.09. The SMILES string of the molecule is O=S(=O)([O-])CC(F)C(F)C(F)C(F)C(F)C(F)C(F)C(F)CCF.[Na+]. The van der Waals surface area contributed by atoms with E-state index in [9.17, 15) is 52.5 Å². The molecule has 0 radical (unpaired) electrons. The van der Waals surface area contributed by atoms with E-state index in [1.54, 1.807) is 0 Å². The first kappa shape index (κ1) is 27.5. The number of alkyl halides is 9. The van der Waals surface area contributed by atoms with Gasteiger partial charge in [-0.3, -0.25) is 4.39 Å². The summed E-state index contributed by atoms with van der Waals surface area (Å²) in [6, 6.07) is 0. The second kappa shape index (κ2) is 11.9. The van der Waals surface area contributed by atoms with Gasteiger partial charge in [-0.15, -0.1) is 0 Å². The standard InChI is InChI=1S/C11H15F9O3S.Na/c12-2-1-4(13)6(15)8(17)10(19)11(20)9(18)7(16)5(14)3-24(21,22)23;/h4-11H,1-3H2,(H,21,22,23);/q;+1/p-1. The van der Waals surface area contributed by atoms with E-state index in [-0.39, 0.29) is 29.6 Å². The van der Waals surface area contributed by atoms with Crippen molar-refractivity contribution in [3.05, 3.63) is 0 Å². The first-order valence-electron chi connectivity index (χ1n) is 6.45. The molecule has 0 saturated heterocycles. The molecule has 14 heteroatoms. The molecule has 0 aromatic carbocycles. The third kappa shape index (κ3) is 9.16. The molecule has 0 amide bonds. The van der Waals surface area contributed by atoms with Crippen molar-refractivity contribution in [2.45, 2.75) is 55.8 Å². The Kier molecular flexibility index (Phi) is 13.1. The van der Waals surface area contributed by atoms with Crippen molar-refractivity contribution < 1.29 is 82.0 Å². The average Bonchev–Trinajstić information content (AvgIpc) is 2.48. The van der Waals surface area contributed by atoms with E-state index in [2.05, 4.69) is 0 Å². The fourth-order valence-electron chi connectivity index (χ4n) is 1.65. The van der Waals surface area contributed by atoms with Crippen molar-refractivity contribution in [1.82, 2.24) is 0 Å². The first-order valence-corrected chi connectivity index (χ1v) is 8.03. The van der Waals surface area contributed by atoms with E-state index in [4.69, 9.17) is 0 Å². The maximum Gasteiger partial charge on any atom is 1.00 e. The molecule has 0 N–H and O–H groups in total. The van der Waals surface area contributed by atoms with Crippen LogP contribution in [0.5, 0.6) is 0 Å². The van der Waals surface area contributed by atoms with E-state index in [0.717, 1.165) is 0 Å². The van der Waals surface area contributed by atoms with Crippen molar-refractivity contribution in [2.75, 3.05) is 12.4 Å². The fraction of sp³-hybridized carbons (Fsp3) is 1.00. The molecular weight excluding hydrogens is 406 g/mol. The molecule has 8 unspecified atom stereocenters. The van der Waals surface area contributed by atoms with Gasteiger partial charge in [0.05, 0.1) is 22.5 Å².